The molecule has 0 aliphatic carbocycles. The number of amides is 1. The fraction of sp³-hybridized carbons (Fsp3) is 0.160. The minimum atomic E-state index is -0.714. The highest BCUT2D eigenvalue weighted by molar-refractivity contribution is 6.37. The van der Waals surface area contributed by atoms with Gasteiger partial charge in [-0.05, 0) is 44.6 Å². The molecule has 0 N–H and O–H groups in total. The van der Waals surface area contributed by atoms with Gasteiger partial charge in [0.15, 0.2) is 5.78 Å². The van der Waals surface area contributed by atoms with Gasteiger partial charge in [0.05, 0.1) is 16.8 Å². The summed E-state index contributed by atoms with van der Waals surface area (Å²) in [5.74, 6) is -0.789. The summed E-state index contributed by atoms with van der Waals surface area (Å²) in [6, 6.07) is 14.2. The SMILES string of the molecule is CC1=CC(C)(C)N2C(=O)/C(=C/C(=O)c3cc4ccccc4oc3=O)c3cccc1c32. The molecule has 0 unspecified atom stereocenters. The van der Waals surface area contributed by atoms with Crippen LogP contribution in [-0.4, -0.2) is 17.2 Å². The van der Waals surface area contributed by atoms with Crippen LogP contribution < -0.4 is 10.5 Å². The van der Waals surface area contributed by atoms with Gasteiger partial charge >= 0.3 is 5.63 Å². The van der Waals surface area contributed by atoms with Gasteiger partial charge in [-0.3, -0.25) is 14.5 Å². The van der Waals surface area contributed by atoms with Crippen molar-refractivity contribution in [2.75, 3.05) is 4.90 Å². The number of allylic oxidation sites excluding steroid dienone is 2. The molecule has 2 aliphatic rings. The van der Waals surface area contributed by atoms with Gasteiger partial charge in [0, 0.05) is 16.5 Å². The molecule has 0 spiro atoms. The molecule has 0 saturated carbocycles. The quantitative estimate of drug-likeness (QED) is 0.360. The second-order valence-electron chi connectivity index (χ2n) is 8.23. The van der Waals surface area contributed by atoms with E-state index in [-0.39, 0.29) is 11.5 Å². The molecule has 5 rings (SSSR count). The number of ketones is 1. The summed E-state index contributed by atoms with van der Waals surface area (Å²) in [5.41, 5.74) is 2.96. The topological polar surface area (TPSA) is 67.6 Å². The van der Waals surface area contributed by atoms with Crippen molar-refractivity contribution in [2.45, 2.75) is 26.3 Å². The zero-order valence-corrected chi connectivity index (χ0v) is 16.9. The van der Waals surface area contributed by atoms with Gasteiger partial charge in [-0.1, -0.05) is 42.5 Å². The lowest BCUT2D eigenvalue weighted by Crippen LogP contribution is -2.46. The minimum absolute atomic E-state index is 0.0893. The summed E-state index contributed by atoms with van der Waals surface area (Å²) >= 11 is 0. The molecule has 5 nitrogen and oxygen atoms in total. The third-order valence-electron chi connectivity index (χ3n) is 5.74. The Bertz CT molecular complexity index is 1390. The van der Waals surface area contributed by atoms with E-state index in [1.165, 1.54) is 12.1 Å². The average molecular weight is 397 g/mol. The average Bonchev–Trinajstić information content (AvgIpc) is 2.98. The van der Waals surface area contributed by atoms with E-state index in [2.05, 4.69) is 6.08 Å². The van der Waals surface area contributed by atoms with Gasteiger partial charge in [0.2, 0.25) is 0 Å². The van der Waals surface area contributed by atoms with Crippen LogP contribution in [0.3, 0.4) is 0 Å². The van der Waals surface area contributed by atoms with Crippen LogP contribution in [0, 0.1) is 0 Å². The fourth-order valence-electron chi connectivity index (χ4n) is 4.46. The maximum absolute atomic E-state index is 13.3. The Hall–Kier alpha value is -3.73. The highest BCUT2D eigenvalue weighted by Gasteiger charge is 2.44. The van der Waals surface area contributed by atoms with Gasteiger partial charge in [-0.15, -0.1) is 0 Å². The first-order valence-corrected chi connectivity index (χ1v) is 9.74. The van der Waals surface area contributed by atoms with Crippen LogP contribution in [0.5, 0.6) is 0 Å². The lowest BCUT2D eigenvalue weighted by molar-refractivity contribution is -0.113. The molecule has 0 atom stereocenters. The maximum atomic E-state index is 13.3. The normalized spacial score (nSPS) is 18.0. The van der Waals surface area contributed by atoms with Crippen molar-refractivity contribution in [3.05, 3.63) is 87.8 Å². The zero-order valence-electron chi connectivity index (χ0n) is 16.9. The number of rotatable bonds is 2. The van der Waals surface area contributed by atoms with Crippen molar-refractivity contribution in [2.24, 2.45) is 0 Å². The number of para-hydroxylation sites is 2. The monoisotopic (exact) mass is 397 g/mol. The van der Waals surface area contributed by atoms with E-state index in [1.807, 2.05) is 39.0 Å². The summed E-state index contributed by atoms with van der Waals surface area (Å²) in [6.45, 7) is 5.96. The Morgan fingerprint density at radius 3 is 2.57 bits per heavy atom. The first-order valence-electron chi connectivity index (χ1n) is 9.74. The maximum Gasteiger partial charge on any atom is 0.347 e. The van der Waals surface area contributed by atoms with E-state index in [0.717, 1.165) is 16.8 Å². The number of anilines is 1. The van der Waals surface area contributed by atoms with Crippen LogP contribution in [0.15, 0.2) is 69.9 Å². The molecule has 2 aliphatic heterocycles. The van der Waals surface area contributed by atoms with Crippen molar-refractivity contribution in [3.63, 3.8) is 0 Å². The number of hydrogen-bond acceptors (Lipinski definition) is 4. The van der Waals surface area contributed by atoms with Crippen LogP contribution in [-0.2, 0) is 4.79 Å². The number of carbonyl (C=O) groups excluding carboxylic acids is 2. The number of benzene rings is 2. The smallest absolute Gasteiger partial charge is 0.347 e. The first kappa shape index (κ1) is 18.3. The van der Waals surface area contributed by atoms with Crippen LogP contribution >= 0.6 is 0 Å². The zero-order chi connectivity index (χ0) is 21.2. The highest BCUT2D eigenvalue weighted by Crippen LogP contribution is 2.48. The van der Waals surface area contributed by atoms with Crippen molar-refractivity contribution in [3.8, 4) is 0 Å². The lowest BCUT2D eigenvalue weighted by atomic mass is 9.89. The third-order valence-corrected chi connectivity index (χ3v) is 5.74. The van der Waals surface area contributed by atoms with Crippen molar-refractivity contribution in [1.29, 1.82) is 0 Å². The molecule has 0 radical (unpaired) electrons. The first-order chi connectivity index (χ1) is 14.3. The molecule has 3 aromatic rings. The Kier molecular flexibility index (Phi) is 3.74. The van der Waals surface area contributed by atoms with E-state index < -0.39 is 16.9 Å². The largest absolute Gasteiger partial charge is 0.422 e. The van der Waals surface area contributed by atoms with E-state index in [9.17, 15) is 14.4 Å². The summed E-state index contributed by atoms with van der Waals surface area (Å²) < 4.78 is 5.28. The molecule has 0 bridgehead atoms. The van der Waals surface area contributed by atoms with Gasteiger partial charge in [-0.2, -0.15) is 0 Å². The number of nitrogens with zero attached hydrogens (tertiary/aromatic N) is 1. The van der Waals surface area contributed by atoms with Crippen molar-refractivity contribution in [1.82, 2.24) is 0 Å². The molecule has 1 aromatic heterocycles. The molecule has 1 amide bonds. The Balaban J connectivity index is 1.67. The van der Waals surface area contributed by atoms with Crippen LogP contribution in [0.4, 0.5) is 5.69 Å². The predicted octanol–water partition coefficient (Wildman–Crippen LogP) is 4.60. The van der Waals surface area contributed by atoms with Gasteiger partial charge < -0.3 is 4.42 Å². The molecule has 0 saturated heterocycles. The van der Waals surface area contributed by atoms with Crippen LogP contribution in [0.2, 0.25) is 0 Å². The van der Waals surface area contributed by atoms with Gasteiger partial charge in [0.1, 0.15) is 11.1 Å². The molecular formula is C25H19NO4. The van der Waals surface area contributed by atoms with E-state index >= 15 is 0 Å². The van der Waals surface area contributed by atoms with Crippen molar-refractivity contribution < 1.29 is 14.0 Å². The lowest BCUT2D eigenvalue weighted by Gasteiger charge is -2.38. The minimum Gasteiger partial charge on any atom is -0.422 e. The third kappa shape index (κ3) is 2.52. The van der Waals surface area contributed by atoms with E-state index in [0.29, 0.717) is 22.1 Å². The standard InChI is InChI=1S/C25H19NO4/c1-14-13-25(2,3)26-22-16(14)8-6-9-17(22)18(23(26)28)12-20(27)19-11-15-7-4-5-10-21(15)30-24(19)29/h4-13H,1-3H3/b18-12+. The molecule has 30 heavy (non-hydrogen) atoms. The Morgan fingerprint density at radius 1 is 1.03 bits per heavy atom. The van der Waals surface area contributed by atoms with Gasteiger partial charge in [0.25, 0.3) is 5.91 Å². The second-order valence-corrected chi connectivity index (χ2v) is 8.23. The van der Waals surface area contributed by atoms with Crippen molar-refractivity contribution >= 4 is 39.5 Å². The number of hydrogen-bond donors (Lipinski definition) is 0. The molecule has 5 heteroatoms. The highest BCUT2D eigenvalue weighted by atomic mass is 16.4. The Labute approximate surface area is 172 Å². The molecule has 2 aromatic carbocycles. The Morgan fingerprint density at radius 2 is 1.77 bits per heavy atom. The second kappa shape index (κ2) is 6.13. The van der Waals surface area contributed by atoms with E-state index in [1.54, 1.807) is 29.2 Å². The summed E-state index contributed by atoms with van der Waals surface area (Å²) in [6.07, 6.45) is 3.32. The van der Waals surface area contributed by atoms with Crippen LogP contribution in [0.25, 0.3) is 22.1 Å². The fourth-order valence-corrected chi connectivity index (χ4v) is 4.46. The number of fused-ring (bicyclic) bond motifs is 1. The predicted molar refractivity (Wildman–Crippen MR) is 116 cm³/mol. The number of carbonyl (C=O) groups is 2. The van der Waals surface area contributed by atoms with Crippen LogP contribution in [0.1, 0.15) is 42.3 Å². The molecular weight excluding hydrogens is 378 g/mol. The van der Waals surface area contributed by atoms with E-state index in [4.69, 9.17) is 4.42 Å². The molecule has 3 heterocycles. The molecule has 148 valence electrons. The summed E-state index contributed by atoms with van der Waals surface area (Å²) in [7, 11) is 0. The van der Waals surface area contributed by atoms with Gasteiger partial charge in [-0.25, -0.2) is 4.79 Å². The summed E-state index contributed by atoms with van der Waals surface area (Å²) in [4.78, 5) is 40.5. The molecule has 0 fully saturated rings. The summed E-state index contributed by atoms with van der Waals surface area (Å²) in [5, 5.41) is 0.653.